The van der Waals surface area contributed by atoms with Gasteiger partial charge in [-0.2, -0.15) is 0 Å². The summed E-state index contributed by atoms with van der Waals surface area (Å²) in [5.74, 6) is 0.917. The first-order valence-corrected chi connectivity index (χ1v) is 8.51. The van der Waals surface area contributed by atoms with Gasteiger partial charge in [0.1, 0.15) is 0 Å². The Balaban J connectivity index is 1.33. The molecule has 0 saturated heterocycles. The molecule has 22 heavy (non-hydrogen) atoms. The molecule has 1 aliphatic rings. The van der Waals surface area contributed by atoms with Gasteiger partial charge in [-0.3, -0.25) is 4.99 Å². The van der Waals surface area contributed by atoms with Gasteiger partial charge in [-0.25, -0.2) is 0 Å². The largest absolute Gasteiger partial charge is 0.376 e. The van der Waals surface area contributed by atoms with Crippen molar-refractivity contribution in [2.45, 2.75) is 12.6 Å². The van der Waals surface area contributed by atoms with Crippen LogP contribution in [0.2, 0.25) is 0 Å². The molecule has 1 heterocycles. The number of aliphatic imine (C=N–C) groups is 1. The van der Waals surface area contributed by atoms with Gasteiger partial charge in [0.25, 0.3) is 0 Å². The lowest BCUT2D eigenvalue weighted by molar-refractivity contribution is 0.136. The van der Waals surface area contributed by atoms with Crippen LogP contribution < -0.4 is 5.32 Å². The molecule has 0 saturated carbocycles. The number of ether oxygens (including phenoxy) is 1. The maximum atomic E-state index is 5.69. The van der Waals surface area contributed by atoms with E-state index in [1.807, 2.05) is 24.3 Å². The average Bonchev–Trinajstić information content (AvgIpc) is 3.05. The third-order valence-corrected chi connectivity index (χ3v) is 4.39. The Morgan fingerprint density at radius 2 is 1.77 bits per heavy atom. The zero-order valence-electron chi connectivity index (χ0n) is 12.4. The van der Waals surface area contributed by atoms with Crippen molar-refractivity contribution in [3.8, 4) is 0 Å². The van der Waals surface area contributed by atoms with E-state index in [1.54, 1.807) is 11.8 Å². The zero-order valence-corrected chi connectivity index (χ0v) is 13.3. The molecule has 3 rings (SSSR count). The van der Waals surface area contributed by atoms with Crippen molar-refractivity contribution >= 4 is 16.9 Å². The fraction of sp³-hybridized carbons (Fsp3) is 0.278. The van der Waals surface area contributed by atoms with Gasteiger partial charge in [0.2, 0.25) is 0 Å². The first-order chi connectivity index (χ1) is 10.9. The minimum atomic E-state index is 0.314. The van der Waals surface area contributed by atoms with Crippen LogP contribution in [0.15, 0.2) is 65.7 Å². The molecule has 0 amide bonds. The van der Waals surface area contributed by atoms with E-state index in [4.69, 9.17) is 4.74 Å². The van der Waals surface area contributed by atoms with Crippen molar-refractivity contribution in [2.75, 3.05) is 18.9 Å². The van der Waals surface area contributed by atoms with Crippen molar-refractivity contribution in [3.05, 3.63) is 71.8 Å². The molecule has 1 unspecified atom stereocenters. The topological polar surface area (TPSA) is 33.6 Å². The first-order valence-electron chi connectivity index (χ1n) is 7.52. The van der Waals surface area contributed by atoms with Crippen molar-refractivity contribution < 1.29 is 4.74 Å². The minimum absolute atomic E-state index is 0.314. The van der Waals surface area contributed by atoms with Crippen LogP contribution in [0, 0.1) is 0 Å². The third kappa shape index (κ3) is 4.36. The number of amidine groups is 1. The quantitative estimate of drug-likeness (QED) is 0.827. The van der Waals surface area contributed by atoms with Gasteiger partial charge >= 0.3 is 0 Å². The number of hydrogen-bond acceptors (Lipinski definition) is 4. The number of nitrogens with zero attached hydrogens (tertiary/aromatic N) is 1. The van der Waals surface area contributed by atoms with Crippen molar-refractivity contribution in [1.82, 2.24) is 5.32 Å². The molecular weight excluding hydrogens is 292 g/mol. The molecular formula is C18H20N2OS. The summed E-state index contributed by atoms with van der Waals surface area (Å²) in [6, 6.07) is 21.0. The van der Waals surface area contributed by atoms with E-state index in [9.17, 15) is 0 Å². The van der Waals surface area contributed by atoms with E-state index < -0.39 is 0 Å². The van der Waals surface area contributed by atoms with Crippen molar-refractivity contribution in [2.24, 2.45) is 4.99 Å². The number of rotatable bonds is 6. The predicted molar refractivity (Wildman–Crippen MR) is 93.2 cm³/mol. The summed E-state index contributed by atoms with van der Waals surface area (Å²) in [6.45, 7) is 2.22. The standard InChI is InChI=1S/C18H20N2OS/c1-3-7-15(8-4-1)14-21-11-12-22-18-19-13-17(20-18)16-9-5-2-6-10-16/h1-10,17H,11-14H2,(H,19,20). The summed E-state index contributed by atoms with van der Waals surface area (Å²) in [7, 11) is 0. The number of thioether (sulfide) groups is 1. The molecule has 114 valence electrons. The number of nitrogens with one attached hydrogen (secondary N) is 1. The summed E-state index contributed by atoms with van der Waals surface area (Å²) >= 11 is 1.73. The molecule has 1 atom stereocenters. The molecule has 0 bridgehead atoms. The lowest BCUT2D eigenvalue weighted by Crippen LogP contribution is -2.21. The van der Waals surface area contributed by atoms with E-state index in [2.05, 4.69) is 46.7 Å². The molecule has 2 aromatic rings. The van der Waals surface area contributed by atoms with E-state index >= 15 is 0 Å². The van der Waals surface area contributed by atoms with Crippen LogP contribution in [0.4, 0.5) is 0 Å². The van der Waals surface area contributed by atoms with E-state index in [0.29, 0.717) is 12.6 Å². The molecule has 0 spiro atoms. The van der Waals surface area contributed by atoms with Crippen molar-refractivity contribution in [3.63, 3.8) is 0 Å². The third-order valence-electron chi connectivity index (χ3n) is 3.50. The summed E-state index contributed by atoms with van der Waals surface area (Å²) in [4.78, 5) is 4.56. The number of benzene rings is 2. The Kier molecular flexibility index (Phi) is 5.51. The van der Waals surface area contributed by atoms with Crippen LogP contribution in [0.3, 0.4) is 0 Å². The fourth-order valence-electron chi connectivity index (χ4n) is 2.34. The Morgan fingerprint density at radius 3 is 2.55 bits per heavy atom. The second-order valence-corrected chi connectivity index (χ2v) is 6.22. The average molecular weight is 312 g/mol. The van der Waals surface area contributed by atoms with Crippen molar-refractivity contribution in [1.29, 1.82) is 0 Å². The van der Waals surface area contributed by atoms with Crippen LogP contribution in [-0.4, -0.2) is 24.1 Å². The molecule has 4 heteroatoms. The second kappa shape index (κ2) is 8.01. The van der Waals surface area contributed by atoms with Crippen LogP contribution >= 0.6 is 11.8 Å². The fourth-order valence-corrected chi connectivity index (χ4v) is 3.12. The Hall–Kier alpha value is -1.78. The summed E-state index contributed by atoms with van der Waals surface area (Å²) < 4.78 is 5.69. The highest BCUT2D eigenvalue weighted by atomic mass is 32.2. The highest BCUT2D eigenvalue weighted by Gasteiger charge is 2.18. The van der Waals surface area contributed by atoms with Crippen LogP contribution in [-0.2, 0) is 11.3 Å². The van der Waals surface area contributed by atoms with E-state index in [-0.39, 0.29) is 0 Å². The smallest absolute Gasteiger partial charge is 0.157 e. The monoisotopic (exact) mass is 312 g/mol. The van der Waals surface area contributed by atoms with Gasteiger partial charge in [0.05, 0.1) is 25.8 Å². The van der Waals surface area contributed by atoms with E-state index in [0.717, 1.165) is 24.1 Å². The lowest BCUT2D eigenvalue weighted by atomic mass is 10.1. The lowest BCUT2D eigenvalue weighted by Gasteiger charge is -2.11. The molecule has 1 N–H and O–H groups in total. The van der Waals surface area contributed by atoms with E-state index in [1.165, 1.54) is 11.1 Å². The zero-order chi connectivity index (χ0) is 15.0. The van der Waals surface area contributed by atoms with Gasteiger partial charge in [-0.15, -0.1) is 0 Å². The summed E-state index contributed by atoms with van der Waals surface area (Å²) in [6.07, 6.45) is 0. The summed E-state index contributed by atoms with van der Waals surface area (Å²) in [5, 5.41) is 4.50. The minimum Gasteiger partial charge on any atom is -0.376 e. The number of hydrogen-bond donors (Lipinski definition) is 1. The maximum absolute atomic E-state index is 5.69. The maximum Gasteiger partial charge on any atom is 0.157 e. The molecule has 1 aliphatic heterocycles. The molecule has 2 aromatic carbocycles. The van der Waals surface area contributed by atoms with Crippen LogP contribution in [0.25, 0.3) is 0 Å². The Labute approximate surface area is 135 Å². The normalized spacial score (nSPS) is 17.1. The highest BCUT2D eigenvalue weighted by Crippen LogP contribution is 2.20. The van der Waals surface area contributed by atoms with Gasteiger partial charge in [-0.1, -0.05) is 72.4 Å². The van der Waals surface area contributed by atoms with Crippen LogP contribution in [0.5, 0.6) is 0 Å². The molecule has 0 aliphatic carbocycles. The highest BCUT2D eigenvalue weighted by molar-refractivity contribution is 8.13. The van der Waals surface area contributed by atoms with Crippen LogP contribution in [0.1, 0.15) is 17.2 Å². The van der Waals surface area contributed by atoms with Gasteiger partial charge in [0, 0.05) is 5.75 Å². The molecule has 0 aromatic heterocycles. The SMILES string of the molecule is c1ccc(COCCSC2=NCC(c3ccccc3)N2)cc1. The molecule has 3 nitrogen and oxygen atoms in total. The Bertz CT molecular complexity index is 601. The Morgan fingerprint density at radius 1 is 1.05 bits per heavy atom. The predicted octanol–water partition coefficient (Wildman–Crippen LogP) is 3.64. The van der Waals surface area contributed by atoms with Gasteiger partial charge in [0.15, 0.2) is 5.17 Å². The molecule has 0 radical (unpaired) electrons. The second-order valence-electron chi connectivity index (χ2n) is 5.14. The van der Waals surface area contributed by atoms with Gasteiger partial charge in [-0.05, 0) is 11.1 Å². The molecule has 0 fully saturated rings. The first kappa shape index (κ1) is 15.1. The summed E-state index contributed by atoms with van der Waals surface area (Å²) in [5.41, 5.74) is 2.51. The van der Waals surface area contributed by atoms with Gasteiger partial charge < -0.3 is 10.1 Å².